The number of nitrogens with zero attached hydrogens (tertiary/aromatic N) is 1. The smallest absolute Gasteiger partial charge is 0.317 e. The van der Waals surface area contributed by atoms with E-state index in [0.717, 1.165) is 38.8 Å². The highest BCUT2D eigenvalue weighted by molar-refractivity contribution is 5.90. The molecule has 0 aliphatic carbocycles. The van der Waals surface area contributed by atoms with Crippen molar-refractivity contribution >= 4 is 11.8 Å². The lowest BCUT2D eigenvalue weighted by molar-refractivity contribution is -0.126. The molecule has 0 radical (unpaired) electrons. The zero-order valence-corrected chi connectivity index (χ0v) is 12.6. The third-order valence-corrected chi connectivity index (χ3v) is 4.29. The number of hydrogen-bond donors (Lipinski definition) is 1. The fourth-order valence-corrected chi connectivity index (χ4v) is 2.97. The number of ether oxygens (including phenoxy) is 1. The van der Waals surface area contributed by atoms with Crippen LogP contribution < -0.4 is 5.32 Å². The number of Topliss-reactive ketones (excluding diaryl/α,β-unsaturated/α-hetero) is 1. The van der Waals surface area contributed by atoms with Gasteiger partial charge < -0.3 is 15.0 Å². The van der Waals surface area contributed by atoms with Gasteiger partial charge in [-0.1, -0.05) is 13.8 Å². The first-order valence-corrected chi connectivity index (χ1v) is 7.76. The number of amides is 2. The normalized spacial score (nSPS) is 22.1. The summed E-state index contributed by atoms with van der Waals surface area (Å²) in [5, 5.41) is 2.99. The molecule has 0 spiro atoms. The van der Waals surface area contributed by atoms with Gasteiger partial charge in [-0.3, -0.25) is 4.79 Å². The molecule has 5 nitrogen and oxygen atoms in total. The molecule has 0 aromatic rings. The predicted molar refractivity (Wildman–Crippen MR) is 76.5 cm³/mol. The monoisotopic (exact) mass is 282 g/mol. The molecule has 0 aromatic carbocycles. The zero-order chi connectivity index (χ0) is 14.5. The van der Waals surface area contributed by atoms with Gasteiger partial charge in [0.15, 0.2) is 5.78 Å². The Labute approximate surface area is 121 Å². The molecule has 2 aliphatic heterocycles. The van der Waals surface area contributed by atoms with Gasteiger partial charge in [-0.05, 0) is 31.6 Å². The van der Waals surface area contributed by atoms with Crippen LogP contribution in [0.2, 0.25) is 0 Å². The number of rotatable bonds is 4. The van der Waals surface area contributed by atoms with Crippen LogP contribution in [-0.2, 0) is 9.53 Å². The van der Waals surface area contributed by atoms with Crippen LogP contribution in [0.25, 0.3) is 0 Å². The zero-order valence-electron chi connectivity index (χ0n) is 12.6. The molecule has 0 aromatic heterocycles. The Bertz CT molecular complexity index is 345. The van der Waals surface area contributed by atoms with E-state index in [-0.39, 0.29) is 29.7 Å². The SMILES string of the molecule is CC(C)C(=O)[C@@H](NC(=O)N1CCCC1)C1CCOCC1. The van der Waals surface area contributed by atoms with Gasteiger partial charge in [0.1, 0.15) is 0 Å². The summed E-state index contributed by atoms with van der Waals surface area (Å²) in [6.45, 7) is 6.79. The first kappa shape index (κ1) is 15.3. The Morgan fingerprint density at radius 1 is 1.15 bits per heavy atom. The highest BCUT2D eigenvalue weighted by Gasteiger charge is 2.33. The maximum absolute atomic E-state index is 12.4. The predicted octanol–water partition coefficient (Wildman–Crippen LogP) is 1.81. The van der Waals surface area contributed by atoms with Crippen LogP contribution in [0.4, 0.5) is 4.79 Å². The first-order chi connectivity index (χ1) is 9.59. The Morgan fingerprint density at radius 3 is 2.30 bits per heavy atom. The number of carbonyl (C=O) groups excluding carboxylic acids is 2. The third kappa shape index (κ3) is 3.72. The highest BCUT2D eigenvalue weighted by atomic mass is 16.5. The van der Waals surface area contributed by atoms with Gasteiger partial charge >= 0.3 is 6.03 Å². The molecule has 0 unspecified atom stereocenters. The second kappa shape index (κ2) is 7.07. The summed E-state index contributed by atoms with van der Waals surface area (Å²) < 4.78 is 5.36. The first-order valence-electron chi connectivity index (χ1n) is 7.76. The molecule has 2 heterocycles. The molecule has 1 atom stereocenters. The molecule has 0 saturated carbocycles. The largest absolute Gasteiger partial charge is 0.381 e. The maximum Gasteiger partial charge on any atom is 0.317 e. The minimum Gasteiger partial charge on any atom is -0.381 e. The van der Waals surface area contributed by atoms with E-state index < -0.39 is 0 Å². The molecule has 20 heavy (non-hydrogen) atoms. The minimum atomic E-state index is -0.355. The van der Waals surface area contributed by atoms with Crippen LogP contribution >= 0.6 is 0 Å². The summed E-state index contributed by atoms with van der Waals surface area (Å²) in [6, 6.07) is -0.431. The molecule has 2 saturated heterocycles. The van der Waals surface area contributed by atoms with Crippen molar-refractivity contribution in [2.75, 3.05) is 26.3 Å². The minimum absolute atomic E-state index is 0.0540. The van der Waals surface area contributed by atoms with Gasteiger partial charge in [-0.2, -0.15) is 0 Å². The highest BCUT2D eigenvalue weighted by Crippen LogP contribution is 2.22. The van der Waals surface area contributed by atoms with E-state index >= 15 is 0 Å². The molecule has 2 aliphatic rings. The van der Waals surface area contributed by atoms with E-state index in [9.17, 15) is 9.59 Å². The van der Waals surface area contributed by atoms with Crippen molar-refractivity contribution in [3.63, 3.8) is 0 Å². The number of urea groups is 1. The molecule has 2 amide bonds. The molecule has 5 heteroatoms. The van der Waals surface area contributed by atoms with E-state index in [2.05, 4.69) is 5.32 Å². The molecule has 114 valence electrons. The summed E-state index contributed by atoms with van der Waals surface area (Å²) in [5.74, 6) is 0.302. The van der Waals surface area contributed by atoms with E-state index in [1.54, 1.807) is 0 Å². The van der Waals surface area contributed by atoms with Crippen LogP contribution in [0, 0.1) is 11.8 Å². The Morgan fingerprint density at radius 2 is 1.75 bits per heavy atom. The average molecular weight is 282 g/mol. The van der Waals surface area contributed by atoms with Crippen molar-refractivity contribution in [1.82, 2.24) is 10.2 Å². The van der Waals surface area contributed by atoms with Gasteiger partial charge in [0.25, 0.3) is 0 Å². The number of hydrogen-bond acceptors (Lipinski definition) is 3. The molecule has 0 bridgehead atoms. The fourth-order valence-electron chi connectivity index (χ4n) is 2.97. The Hall–Kier alpha value is -1.10. The van der Waals surface area contributed by atoms with Crippen LogP contribution in [0.5, 0.6) is 0 Å². The van der Waals surface area contributed by atoms with Crippen LogP contribution in [0.1, 0.15) is 39.5 Å². The number of nitrogens with one attached hydrogen (secondary N) is 1. The second-order valence-corrected chi connectivity index (χ2v) is 6.13. The van der Waals surface area contributed by atoms with Crippen molar-refractivity contribution in [3.05, 3.63) is 0 Å². The quantitative estimate of drug-likeness (QED) is 0.855. The van der Waals surface area contributed by atoms with E-state index in [1.807, 2.05) is 18.7 Å². The lowest BCUT2D eigenvalue weighted by atomic mass is 9.85. The van der Waals surface area contributed by atoms with E-state index in [1.165, 1.54) is 0 Å². The average Bonchev–Trinajstić information content (AvgIpc) is 2.99. The van der Waals surface area contributed by atoms with Gasteiger partial charge in [0.05, 0.1) is 6.04 Å². The summed E-state index contributed by atoms with van der Waals surface area (Å²) in [5.41, 5.74) is 0. The van der Waals surface area contributed by atoms with Crippen molar-refractivity contribution in [2.24, 2.45) is 11.8 Å². The number of likely N-dealkylation sites (tertiary alicyclic amines) is 1. The van der Waals surface area contributed by atoms with Gasteiger partial charge in [-0.15, -0.1) is 0 Å². The van der Waals surface area contributed by atoms with Crippen LogP contribution in [0.15, 0.2) is 0 Å². The van der Waals surface area contributed by atoms with Crippen molar-refractivity contribution in [3.8, 4) is 0 Å². The van der Waals surface area contributed by atoms with Crippen molar-refractivity contribution < 1.29 is 14.3 Å². The fraction of sp³-hybridized carbons (Fsp3) is 0.867. The molecular formula is C15H26N2O3. The Balaban J connectivity index is 2.01. The molecule has 2 rings (SSSR count). The van der Waals surface area contributed by atoms with Crippen LogP contribution in [0.3, 0.4) is 0 Å². The summed E-state index contributed by atoms with van der Waals surface area (Å²) in [6.07, 6.45) is 3.83. The second-order valence-electron chi connectivity index (χ2n) is 6.13. The van der Waals surface area contributed by atoms with Crippen LogP contribution in [-0.4, -0.2) is 49.1 Å². The van der Waals surface area contributed by atoms with Crippen molar-refractivity contribution in [2.45, 2.75) is 45.6 Å². The maximum atomic E-state index is 12.4. The number of carbonyl (C=O) groups is 2. The summed E-state index contributed by atoms with van der Waals surface area (Å²) in [4.78, 5) is 26.5. The Kier molecular flexibility index (Phi) is 5.40. The topological polar surface area (TPSA) is 58.6 Å². The lowest BCUT2D eigenvalue weighted by Crippen LogP contribution is -2.52. The van der Waals surface area contributed by atoms with E-state index in [0.29, 0.717) is 13.2 Å². The van der Waals surface area contributed by atoms with Crippen molar-refractivity contribution in [1.29, 1.82) is 0 Å². The molecule has 2 fully saturated rings. The number of ketones is 1. The molecular weight excluding hydrogens is 256 g/mol. The standard InChI is InChI=1S/C15H26N2O3/c1-11(2)14(18)13(12-5-9-20-10-6-12)16-15(19)17-7-3-4-8-17/h11-13H,3-10H2,1-2H3,(H,16,19)/t13-/m0/s1. The molecule has 1 N–H and O–H groups in total. The summed E-state index contributed by atoms with van der Waals surface area (Å²) in [7, 11) is 0. The third-order valence-electron chi connectivity index (χ3n) is 4.29. The van der Waals surface area contributed by atoms with E-state index in [4.69, 9.17) is 4.74 Å². The lowest BCUT2D eigenvalue weighted by Gasteiger charge is -2.32. The summed E-state index contributed by atoms with van der Waals surface area (Å²) >= 11 is 0. The van der Waals surface area contributed by atoms with Gasteiger partial charge in [-0.25, -0.2) is 4.79 Å². The van der Waals surface area contributed by atoms with Gasteiger partial charge in [0, 0.05) is 32.2 Å². The van der Waals surface area contributed by atoms with Gasteiger partial charge in [0.2, 0.25) is 0 Å².